The topological polar surface area (TPSA) is 26.3 Å². The van der Waals surface area contributed by atoms with Gasteiger partial charge in [0.1, 0.15) is 5.78 Å². The van der Waals surface area contributed by atoms with Crippen LogP contribution in [-0.2, 0) is 9.53 Å². The zero-order valence-electron chi connectivity index (χ0n) is 12.0. The summed E-state index contributed by atoms with van der Waals surface area (Å²) >= 11 is 0. The quantitative estimate of drug-likeness (QED) is 0.752. The van der Waals surface area contributed by atoms with E-state index in [0.717, 1.165) is 32.3 Å². The summed E-state index contributed by atoms with van der Waals surface area (Å²) in [6.45, 7) is 5.16. The SMILES string of the molecule is CCC(C)CC(=O)C1CCOC2(CCCCC2)C1. The number of ketones is 1. The lowest BCUT2D eigenvalue weighted by Crippen LogP contribution is -2.43. The van der Waals surface area contributed by atoms with Crippen LogP contribution in [-0.4, -0.2) is 18.0 Å². The van der Waals surface area contributed by atoms with Crippen LogP contribution in [0.5, 0.6) is 0 Å². The lowest BCUT2D eigenvalue weighted by atomic mass is 9.74. The van der Waals surface area contributed by atoms with Crippen molar-refractivity contribution in [3.05, 3.63) is 0 Å². The largest absolute Gasteiger partial charge is 0.375 e. The van der Waals surface area contributed by atoms with Gasteiger partial charge in [-0.05, 0) is 31.6 Å². The van der Waals surface area contributed by atoms with E-state index in [2.05, 4.69) is 13.8 Å². The summed E-state index contributed by atoms with van der Waals surface area (Å²) in [6, 6.07) is 0. The van der Waals surface area contributed by atoms with Gasteiger partial charge in [-0.3, -0.25) is 4.79 Å². The lowest BCUT2D eigenvalue weighted by Gasteiger charge is -2.43. The molecule has 0 bridgehead atoms. The second-order valence-electron chi connectivity index (χ2n) is 6.47. The molecule has 0 aromatic rings. The molecule has 2 nitrogen and oxygen atoms in total. The van der Waals surface area contributed by atoms with Gasteiger partial charge in [-0.2, -0.15) is 0 Å². The summed E-state index contributed by atoms with van der Waals surface area (Å²) < 4.78 is 6.07. The molecule has 0 amide bonds. The molecule has 2 unspecified atom stereocenters. The van der Waals surface area contributed by atoms with Gasteiger partial charge in [-0.1, -0.05) is 39.5 Å². The fourth-order valence-corrected chi connectivity index (χ4v) is 3.50. The Kier molecular flexibility index (Phi) is 4.83. The smallest absolute Gasteiger partial charge is 0.136 e. The van der Waals surface area contributed by atoms with Gasteiger partial charge >= 0.3 is 0 Å². The second kappa shape index (κ2) is 6.18. The van der Waals surface area contributed by atoms with Crippen LogP contribution < -0.4 is 0 Å². The Balaban J connectivity index is 1.91. The minimum Gasteiger partial charge on any atom is -0.375 e. The molecule has 1 aliphatic carbocycles. The molecule has 2 atom stereocenters. The minimum atomic E-state index is 0.0757. The molecule has 0 N–H and O–H groups in total. The Morgan fingerprint density at radius 1 is 1.33 bits per heavy atom. The van der Waals surface area contributed by atoms with Gasteiger partial charge < -0.3 is 4.74 Å². The molecule has 2 aliphatic rings. The third kappa shape index (κ3) is 3.34. The third-order valence-electron chi connectivity index (χ3n) is 4.96. The Bertz CT molecular complexity index is 273. The van der Waals surface area contributed by atoms with Crippen molar-refractivity contribution in [3.63, 3.8) is 0 Å². The molecule has 1 saturated heterocycles. The van der Waals surface area contributed by atoms with Gasteiger partial charge in [-0.15, -0.1) is 0 Å². The van der Waals surface area contributed by atoms with Crippen molar-refractivity contribution in [1.82, 2.24) is 0 Å². The maximum atomic E-state index is 12.3. The van der Waals surface area contributed by atoms with E-state index < -0.39 is 0 Å². The lowest BCUT2D eigenvalue weighted by molar-refractivity contribution is -0.143. The first kappa shape index (κ1) is 14.0. The van der Waals surface area contributed by atoms with E-state index >= 15 is 0 Å². The standard InChI is InChI=1S/C16H28O2/c1-3-13(2)11-15(17)14-7-10-18-16(12-14)8-5-4-6-9-16/h13-14H,3-12H2,1-2H3. The predicted octanol–water partition coefficient (Wildman–Crippen LogP) is 4.12. The molecule has 104 valence electrons. The molecule has 0 aromatic carbocycles. The van der Waals surface area contributed by atoms with Crippen LogP contribution in [0.3, 0.4) is 0 Å². The molecule has 2 heteroatoms. The number of hydrogen-bond acceptors (Lipinski definition) is 2. The molecule has 2 rings (SSSR count). The highest BCUT2D eigenvalue weighted by Crippen LogP contribution is 2.41. The van der Waals surface area contributed by atoms with Gasteiger partial charge in [0.25, 0.3) is 0 Å². The maximum absolute atomic E-state index is 12.3. The van der Waals surface area contributed by atoms with E-state index in [9.17, 15) is 4.79 Å². The fraction of sp³-hybridized carbons (Fsp3) is 0.938. The summed E-state index contributed by atoms with van der Waals surface area (Å²) in [6.07, 6.45) is 10.1. The zero-order valence-corrected chi connectivity index (χ0v) is 12.0. The Hall–Kier alpha value is -0.370. The highest BCUT2D eigenvalue weighted by Gasteiger charge is 2.40. The average Bonchev–Trinajstić information content (AvgIpc) is 2.39. The second-order valence-corrected chi connectivity index (χ2v) is 6.47. The number of hydrogen-bond donors (Lipinski definition) is 0. The minimum absolute atomic E-state index is 0.0757. The highest BCUT2D eigenvalue weighted by molar-refractivity contribution is 5.81. The molecule has 1 aliphatic heterocycles. The Morgan fingerprint density at radius 3 is 2.72 bits per heavy atom. The summed E-state index contributed by atoms with van der Waals surface area (Å²) in [5, 5.41) is 0. The normalized spacial score (nSPS) is 29.1. The summed E-state index contributed by atoms with van der Waals surface area (Å²) in [4.78, 5) is 12.3. The Morgan fingerprint density at radius 2 is 2.06 bits per heavy atom. The molecule has 1 saturated carbocycles. The van der Waals surface area contributed by atoms with Crippen LogP contribution in [0.25, 0.3) is 0 Å². The van der Waals surface area contributed by atoms with Crippen molar-refractivity contribution in [1.29, 1.82) is 0 Å². The molecule has 1 heterocycles. The van der Waals surface area contributed by atoms with Crippen molar-refractivity contribution in [2.75, 3.05) is 6.61 Å². The number of carbonyl (C=O) groups excluding carboxylic acids is 1. The first-order valence-corrected chi connectivity index (χ1v) is 7.82. The molecule has 0 radical (unpaired) electrons. The van der Waals surface area contributed by atoms with E-state index in [1.165, 1.54) is 32.1 Å². The van der Waals surface area contributed by atoms with Crippen LogP contribution in [0, 0.1) is 11.8 Å². The highest BCUT2D eigenvalue weighted by atomic mass is 16.5. The number of carbonyl (C=O) groups is 1. The Labute approximate surface area is 111 Å². The number of Topliss-reactive ketones (excluding diaryl/α,β-unsaturated/α-hetero) is 1. The van der Waals surface area contributed by atoms with Crippen LogP contribution >= 0.6 is 0 Å². The van der Waals surface area contributed by atoms with Crippen molar-refractivity contribution in [3.8, 4) is 0 Å². The molecule has 0 aromatic heterocycles. The van der Waals surface area contributed by atoms with Crippen molar-refractivity contribution in [2.24, 2.45) is 11.8 Å². The van der Waals surface area contributed by atoms with E-state index in [1.807, 2.05) is 0 Å². The van der Waals surface area contributed by atoms with Crippen LogP contribution in [0.15, 0.2) is 0 Å². The summed E-state index contributed by atoms with van der Waals surface area (Å²) in [7, 11) is 0. The van der Waals surface area contributed by atoms with Crippen molar-refractivity contribution in [2.45, 2.75) is 77.2 Å². The fourth-order valence-electron chi connectivity index (χ4n) is 3.50. The van der Waals surface area contributed by atoms with Gasteiger partial charge in [0.05, 0.1) is 5.60 Å². The van der Waals surface area contributed by atoms with Crippen molar-refractivity contribution >= 4 is 5.78 Å². The predicted molar refractivity (Wildman–Crippen MR) is 73.6 cm³/mol. The number of ether oxygens (including phenoxy) is 1. The van der Waals surface area contributed by atoms with Crippen LogP contribution in [0.4, 0.5) is 0 Å². The van der Waals surface area contributed by atoms with Gasteiger partial charge in [0.15, 0.2) is 0 Å². The molecular weight excluding hydrogens is 224 g/mol. The number of rotatable bonds is 4. The summed E-state index contributed by atoms with van der Waals surface area (Å²) in [5.41, 5.74) is 0.0757. The van der Waals surface area contributed by atoms with E-state index in [1.54, 1.807) is 0 Å². The average molecular weight is 252 g/mol. The maximum Gasteiger partial charge on any atom is 0.136 e. The van der Waals surface area contributed by atoms with Gasteiger partial charge in [0.2, 0.25) is 0 Å². The van der Waals surface area contributed by atoms with E-state index in [0.29, 0.717) is 11.7 Å². The summed E-state index contributed by atoms with van der Waals surface area (Å²) in [5.74, 6) is 1.33. The first-order valence-electron chi connectivity index (χ1n) is 7.82. The van der Waals surface area contributed by atoms with E-state index in [4.69, 9.17) is 4.74 Å². The third-order valence-corrected chi connectivity index (χ3v) is 4.96. The molecular formula is C16H28O2. The van der Waals surface area contributed by atoms with Crippen LogP contribution in [0.1, 0.15) is 71.6 Å². The van der Waals surface area contributed by atoms with E-state index in [-0.39, 0.29) is 11.5 Å². The van der Waals surface area contributed by atoms with Gasteiger partial charge in [-0.25, -0.2) is 0 Å². The first-order chi connectivity index (χ1) is 8.65. The van der Waals surface area contributed by atoms with Crippen LogP contribution in [0.2, 0.25) is 0 Å². The molecule has 18 heavy (non-hydrogen) atoms. The molecule has 2 fully saturated rings. The van der Waals surface area contributed by atoms with Gasteiger partial charge in [0, 0.05) is 18.9 Å². The molecule has 1 spiro atoms. The zero-order chi connectivity index (χ0) is 13.0. The monoisotopic (exact) mass is 252 g/mol. The van der Waals surface area contributed by atoms with Crippen molar-refractivity contribution < 1.29 is 9.53 Å².